The van der Waals surface area contributed by atoms with Gasteiger partial charge in [0.25, 0.3) is 5.91 Å². The second-order valence-corrected chi connectivity index (χ2v) is 5.75. The van der Waals surface area contributed by atoms with E-state index in [1.165, 1.54) is 6.92 Å². The maximum absolute atomic E-state index is 12.1. The molecule has 2 amide bonds. The van der Waals surface area contributed by atoms with Crippen LogP contribution < -0.4 is 15.4 Å². The summed E-state index contributed by atoms with van der Waals surface area (Å²) in [4.78, 5) is 23.3. The fourth-order valence-corrected chi connectivity index (χ4v) is 2.24. The maximum Gasteiger partial charge on any atom is 0.262 e. The number of carbonyl (C=O) groups excluding carboxylic acids is 2. The number of hydrogen-bond donors (Lipinski definition) is 2. The van der Waals surface area contributed by atoms with E-state index in [1.807, 2.05) is 45.0 Å². The van der Waals surface area contributed by atoms with Crippen LogP contribution in [0.1, 0.15) is 23.6 Å². The lowest BCUT2D eigenvalue weighted by atomic mass is 10.1. The van der Waals surface area contributed by atoms with E-state index in [9.17, 15) is 9.59 Å². The highest BCUT2D eigenvalue weighted by atomic mass is 16.5. The summed E-state index contributed by atoms with van der Waals surface area (Å²) in [7, 11) is 0. The van der Waals surface area contributed by atoms with Gasteiger partial charge in [-0.15, -0.1) is 0 Å². The van der Waals surface area contributed by atoms with Crippen molar-refractivity contribution in [3.63, 3.8) is 0 Å². The number of carbonyl (C=O) groups is 2. The van der Waals surface area contributed by atoms with Gasteiger partial charge in [0.05, 0.1) is 0 Å². The Kier molecular flexibility index (Phi) is 5.58. The third kappa shape index (κ3) is 4.59. The van der Waals surface area contributed by atoms with Crippen molar-refractivity contribution in [3.8, 4) is 5.75 Å². The molecule has 2 aromatic rings. The molecule has 0 aromatic heterocycles. The number of benzene rings is 2. The third-order valence-electron chi connectivity index (χ3n) is 3.75. The maximum atomic E-state index is 12.1. The van der Waals surface area contributed by atoms with E-state index < -0.39 is 0 Å². The first-order valence-electron chi connectivity index (χ1n) is 7.74. The van der Waals surface area contributed by atoms with Gasteiger partial charge < -0.3 is 15.4 Å². The summed E-state index contributed by atoms with van der Waals surface area (Å²) >= 11 is 0. The summed E-state index contributed by atoms with van der Waals surface area (Å²) in [6.45, 7) is 7.22. The van der Waals surface area contributed by atoms with Crippen LogP contribution in [-0.2, 0) is 9.59 Å². The highest BCUT2D eigenvalue weighted by Crippen LogP contribution is 2.22. The molecule has 0 unspecified atom stereocenters. The molecule has 2 rings (SSSR count). The van der Waals surface area contributed by atoms with E-state index in [1.54, 1.807) is 12.1 Å². The molecule has 5 heteroatoms. The molecule has 2 aromatic carbocycles. The SMILES string of the molecule is CC(=O)Nc1cc(NC(=O)COc2cccc(C)c2C)ccc1C. The second kappa shape index (κ2) is 7.64. The smallest absolute Gasteiger partial charge is 0.262 e. The summed E-state index contributed by atoms with van der Waals surface area (Å²) in [6, 6.07) is 11.1. The zero-order chi connectivity index (χ0) is 17.7. The predicted octanol–water partition coefficient (Wildman–Crippen LogP) is 3.59. The Balaban J connectivity index is 1.99. The van der Waals surface area contributed by atoms with E-state index in [0.29, 0.717) is 17.1 Å². The molecule has 2 N–H and O–H groups in total. The van der Waals surface area contributed by atoms with Crippen LogP contribution >= 0.6 is 0 Å². The van der Waals surface area contributed by atoms with Gasteiger partial charge in [-0.25, -0.2) is 0 Å². The molecule has 0 heterocycles. The molecule has 0 aliphatic rings. The fourth-order valence-electron chi connectivity index (χ4n) is 2.24. The quantitative estimate of drug-likeness (QED) is 0.882. The molecular weight excluding hydrogens is 304 g/mol. The van der Waals surface area contributed by atoms with Gasteiger partial charge in [-0.3, -0.25) is 9.59 Å². The molecule has 126 valence electrons. The van der Waals surface area contributed by atoms with Crippen LogP contribution in [0, 0.1) is 20.8 Å². The number of nitrogens with one attached hydrogen (secondary N) is 2. The summed E-state index contributed by atoms with van der Waals surface area (Å²) in [5.74, 6) is 0.293. The van der Waals surface area contributed by atoms with Crippen molar-refractivity contribution in [1.29, 1.82) is 0 Å². The number of aryl methyl sites for hydroxylation is 2. The molecule has 0 spiro atoms. The summed E-state index contributed by atoms with van der Waals surface area (Å²) in [6.07, 6.45) is 0. The van der Waals surface area contributed by atoms with Gasteiger partial charge in [-0.05, 0) is 55.7 Å². The van der Waals surface area contributed by atoms with Crippen LogP contribution in [0.5, 0.6) is 5.75 Å². The van der Waals surface area contributed by atoms with Crippen molar-refractivity contribution in [3.05, 3.63) is 53.1 Å². The molecule has 5 nitrogen and oxygen atoms in total. The molecule has 0 aliphatic heterocycles. The van der Waals surface area contributed by atoms with Crippen molar-refractivity contribution in [2.75, 3.05) is 17.2 Å². The topological polar surface area (TPSA) is 67.4 Å². The van der Waals surface area contributed by atoms with Crippen LogP contribution in [0.15, 0.2) is 36.4 Å². The highest BCUT2D eigenvalue weighted by molar-refractivity contribution is 5.94. The van der Waals surface area contributed by atoms with Crippen molar-refractivity contribution in [2.24, 2.45) is 0 Å². The minimum atomic E-state index is -0.256. The molecule has 0 bridgehead atoms. The van der Waals surface area contributed by atoms with E-state index >= 15 is 0 Å². The molecule has 0 atom stereocenters. The molecule has 24 heavy (non-hydrogen) atoms. The standard InChI is InChI=1S/C19H22N2O3/c1-12-6-5-7-18(14(12)3)24-11-19(23)21-16-9-8-13(2)17(10-16)20-15(4)22/h5-10H,11H2,1-4H3,(H,20,22)(H,21,23). The normalized spacial score (nSPS) is 10.2. The lowest BCUT2D eigenvalue weighted by molar-refractivity contribution is -0.118. The zero-order valence-corrected chi connectivity index (χ0v) is 14.4. The number of ether oxygens (including phenoxy) is 1. The number of anilines is 2. The Morgan fingerprint density at radius 3 is 2.46 bits per heavy atom. The van der Waals surface area contributed by atoms with Crippen LogP contribution in [0.25, 0.3) is 0 Å². The molecular formula is C19H22N2O3. The first-order chi connectivity index (χ1) is 11.4. The van der Waals surface area contributed by atoms with Gasteiger partial charge in [0.1, 0.15) is 5.75 Å². The summed E-state index contributed by atoms with van der Waals surface area (Å²) in [5, 5.41) is 5.51. The highest BCUT2D eigenvalue weighted by Gasteiger charge is 2.08. The number of hydrogen-bond acceptors (Lipinski definition) is 3. The fraction of sp³-hybridized carbons (Fsp3) is 0.263. The van der Waals surface area contributed by atoms with Gasteiger partial charge in [0, 0.05) is 18.3 Å². The first-order valence-corrected chi connectivity index (χ1v) is 7.74. The van der Waals surface area contributed by atoms with E-state index in [4.69, 9.17) is 4.74 Å². The Hall–Kier alpha value is -2.82. The Morgan fingerprint density at radius 1 is 1.00 bits per heavy atom. The van der Waals surface area contributed by atoms with Crippen LogP contribution in [-0.4, -0.2) is 18.4 Å². The summed E-state index contributed by atoms with van der Waals surface area (Å²) in [5.41, 5.74) is 4.35. The van der Waals surface area contributed by atoms with E-state index in [-0.39, 0.29) is 18.4 Å². The van der Waals surface area contributed by atoms with Crippen molar-refractivity contribution in [2.45, 2.75) is 27.7 Å². The lowest BCUT2D eigenvalue weighted by Gasteiger charge is -2.12. The predicted molar refractivity (Wildman–Crippen MR) is 95.5 cm³/mol. The summed E-state index contributed by atoms with van der Waals surface area (Å²) < 4.78 is 5.59. The third-order valence-corrected chi connectivity index (χ3v) is 3.75. The van der Waals surface area contributed by atoms with Gasteiger partial charge >= 0.3 is 0 Å². The second-order valence-electron chi connectivity index (χ2n) is 5.75. The Bertz CT molecular complexity index is 769. The van der Waals surface area contributed by atoms with Crippen LogP contribution in [0.3, 0.4) is 0 Å². The van der Waals surface area contributed by atoms with E-state index in [0.717, 1.165) is 16.7 Å². The number of amides is 2. The van der Waals surface area contributed by atoms with Gasteiger partial charge in [0.15, 0.2) is 6.61 Å². The van der Waals surface area contributed by atoms with Crippen LogP contribution in [0.2, 0.25) is 0 Å². The largest absolute Gasteiger partial charge is 0.483 e. The zero-order valence-electron chi connectivity index (χ0n) is 14.4. The van der Waals surface area contributed by atoms with Crippen molar-refractivity contribution >= 4 is 23.2 Å². The Morgan fingerprint density at radius 2 is 1.75 bits per heavy atom. The Labute approximate surface area is 142 Å². The monoisotopic (exact) mass is 326 g/mol. The first kappa shape index (κ1) is 17.5. The van der Waals surface area contributed by atoms with Crippen molar-refractivity contribution in [1.82, 2.24) is 0 Å². The molecule has 0 fully saturated rings. The van der Waals surface area contributed by atoms with E-state index in [2.05, 4.69) is 10.6 Å². The average Bonchev–Trinajstić information content (AvgIpc) is 2.51. The molecule has 0 radical (unpaired) electrons. The van der Waals surface area contributed by atoms with Crippen molar-refractivity contribution < 1.29 is 14.3 Å². The minimum absolute atomic E-state index is 0.0758. The number of rotatable bonds is 5. The molecule has 0 saturated heterocycles. The van der Waals surface area contributed by atoms with Gasteiger partial charge in [-0.2, -0.15) is 0 Å². The molecule has 0 saturated carbocycles. The van der Waals surface area contributed by atoms with Gasteiger partial charge in [0.2, 0.25) is 5.91 Å². The molecule has 0 aliphatic carbocycles. The lowest BCUT2D eigenvalue weighted by Crippen LogP contribution is -2.20. The minimum Gasteiger partial charge on any atom is -0.483 e. The van der Waals surface area contributed by atoms with Gasteiger partial charge in [-0.1, -0.05) is 18.2 Å². The average molecular weight is 326 g/mol. The van der Waals surface area contributed by atoms with Crippen LogP contribution in [0.4, 0.5) is 11.4 Å².